The summed E-state index contributed by atoms with van der Waals surface area (Å²) in [4.78, 5) is 12.4. The van der Waals surface area contributed by atoms with E-state index in [-0.39, 0.29) is 24.4 Å². The van der Waals surface area contributed by atoms with Crippen LogP contribution in [0.15, 0.2) is 18.2 Å². The predicted molar refractivity (Wildman–Crippen MR) is 73.1 cm³/mol. The summed E-state index contributed by atoms with van der Waals surface area (Å²) in [6.45, 7) is 0. The molecule has 1 aromatic carbocycles. The van der Waals surface area contributed by atoms with Gasteiger partial charge in [-0.2, -0.15) is 5.66 Å². The molecule has 98 valence electrons. The minimum Gasteiger partial charge on any atom is -0.496 e. The zero-order valence-corrected chi connectivity index (χ0v) is 12.7. The maximum atomic E-state index is 12.4. The third-order valence-corrected chi connectivity index (χ3v) is 4.61. The fourth-order valence-corrected chi connectivity index (χ4v) is 3.63. The van der Waals surface area contributed by atoms with E-state index >= 15 is 0 Å². The van der Waals surface area contributed by atoms with Crippen LogP contribution in [0.2, 0.25) is 0 Å². The molecule has 0 atom stereocenters. The molecule has 1 fully saturated rings. The fraction of sp³-hybridized carbons (Fsp3) is 0.500. The minimum atomic E-state index is 0. The number of hydrogen-bond acceptors (Lipinski definition) is 3. The van der Waals surface area contributed by atoms with E-state index in [0.29, 0.717) is 22.7 Å². The summed E-state index contributed by atoms with van der Waals surface area (Å²) >= 11 is 0. The molecule has 19 heavy (non-hydrogen) atoms. The Kier molecular flexibility index (Phi) is 6.93. The van der Waals surface area contributed by atoms with Gasteiger partial charge in [-0.3, -0.25) is 0 Å². The summed E-state index contributed by atoms with van der Waals surface area (Å²) in [6, 6.07) is 5.45. The maximum Gasteiger partial charge on any atom is 1.00 e. The summed E-state index contributed by atoms with van der Waals surface area (Å²) in [5.74, 6) is 1.20. The molecule has 0 radical (unpaired) electrons. The first-order chi connectivity index (χ1) is 8.76. The Morgan fingerprint density at radius 1 is 1.16 bits per heavy atom. The van der Waals surface area contributed by atoms with Gasteiger partial charge in [-0.15, -0.1) is 0 Å². The van der Waals surface area contributed by atoms with Crippen molar-refractivity contribution in [2.45, 2.75) is 31.3 Å². The molecule has 1 aromatic rings. The summed E-state index contributed by atoms with van der Waals surface area (Å²) in [7, 11) is 4.04. The molecule has 0 aliphatic heterocycles. The molecular weight excluding hydrogens is 254 g/mol. The summed E-state index contributed by atoms with van der Waals surface area (Å²) in [5.41, 5.74) is 1.19. The number of benzene rings is 1. The second-order valence-electron chi connectivity index (χ2n) is 4.41. The zero-order chi connectivity index (χ0) is 13.0. The Morgan fingerprint density at radius 3 is 2.16 bits per heavy atom. The van der Waals surface area contributed by atoms with Gasteiger partial charge in [0.1, 0.15) is 11.5 Å². The standard InChI is InChI=1S/C14H18O3P.Li/c1-16-11-8-5-9-12(17-2)13(11)14(15)18-10-6-3-4-7-10;/h5,8-10H,3-4,6-7H2,1-2H3;/q-1;+1. The van der Waals surface area contributed by atoms with Gasteiger partial charge in [0.15, 0.2) is 0 Å². The van der Waals surface area contributed by atoms with E-state index in [4.69, 9.17) is 9.47 Å². The van der Waals surface area contributed by atoms with Crippen LogP contribution in [0.1, 0.15) is 36.0 Å². The van der Waals surface area contributed by atoms with Gasteiger partial charge in [-0.05, 0) is 12.1 Å². The fourth-order valence-electron chi connectivity index (χ4n) is 2.33. The second-order valence-corrected chi connectivity index (χ2v) is 5.80. The van der Waals surface area contributed by atoms with Crippen molar-refractivity contribution in [1.29, 1.82) is 0 Å². The van der Waals surface area contributed by atoms with Gasteiger partial charge in [0, 0.05) is 5.52 Å². The van der Waals surface area contributed by atoms with Crippen molar-refractivity contribution in [3.8, 4) is 11.5 Å². The van der Waals surface area contributed by atoms with Gasteiger partial charge in [-0.1, -0.05) is 31.7 Å². The first-order valence-electron chi connectivity index (χ1n) is 6.22. The number of methoxy groups -OCH3 is 2. The van der Waals surface area contributed by atoms with Crippen LogP contribution in [0.3, 0.4) is 0 Å². The molecule has 0 heterocycles. The first-order valence-corrected chi connectivity index (χ1v) is 7.18. The van der Waals surface area contributed by atoms with Crippen molar-refractivity contribution < 1.29 is 33.1 Å². The van der Waals surface area contributed by atoms with Gasteiger partial charge in [0.05, 0.1) is 19.8 Å². The molecule has 0 spiro atoms. The van der Waals surface area contributed by atoms with Crippen molar-refractivity contribution in [3.63, 3.8) is 0 Å². The molecule has 0 bridgehead atoms. The smallest absolute Gasteiger partial charge is 0.496 e. The molecule has 0 amide bonds. The Balaban J connectivity index is 0.00000180. The summed E-state index contributed by atoms with van der Waals surface area (Å²) in [6.07, 6.45) is 4.80. The average Bonchev–Trinajstić information content (AvgIpc) is 2.90. The summed E-state index contributed by atoms with van der Waals surface area (Å²) in [5, 5.41) is 0. The first kappa shape index (κ1) is 16.6. The number of carbonyl (C=O) groups is 1. The number of rotatable bonds is 5. The van der Waals surface area contributed by atoms with Crippen LogP contribution in [0.25, 0.3) is 0 Å². The van der Waals surface area contributed by atoms with Crippen LogP contribution < -0.4 is 28.3 Å². The Labute approximate surface area is 128 Å². The van der Waals surface area contributed by atoms with Crippen molar-refractivity contribution >= 4 is 14.1 Å². The number of ether oxygens (including phenoxy) is 2. The topological polar surface area (TPSA) is 35.5 Å². The van der Waals surface area contributed by atoms with E-state index in [9.17, 15) is 4.79 Å². The SMILES string of the molecule is COc1cccc(OC)c1C(=O)[P-]C1CCCC1.[Li+]. The van der Waals surface area contributed by atoms with Crippen molar-refractivity contribution in [2.24, 2.45) is 0 Å². The Bertz CT molecular complexity index is 408. The third kappa shape index (κ3) is 3.99. The maximum absolute atomic E-state index is 12.4. The van der Waals surface area contributed by atoms with E-state index in [1.165, 1.54) is 12.8 Å². The zero-order valence-electron chi connectivity index (χ0n) is 11.8. The van der Waals surface area contributed by atoms with Gasteiger partial charge in [0.2, 0.25) is 0 Å². The summed E-state index contributed by atoms with van der Waals surface area (Å²) < 4.78 is 10.5. The third-order valence-electron chi connectivity index (χ3n) is 3.27. The van der Waals surface area contributed by atoms with E-state index in [1.54, 1.807) is 26.4 Å². The van der Waals surface area contributed by atoms with Gasteiger partial charge < -0.3 is 22.8 Å². The molecule has 0 unspecified atom stereocenters. The molecular formula is C14H18LiO3P. The van der Waals surface area contributed by atoms with Crippen LogP contribution in [0, 0.1) is 0 Å². The molecule has 5 heteroatoms. The van der Waals surface area contributed by atoms with Crippen molar-refractivity contribution in [3.05, 3.63) is 23.8 Å². The molecule has 0 N–H and O–H groups in total. The van der Waals surface area contributed by atoms with Crippen LogP contribution in [0.5, 0.6) is 11.5 Å². The van der Waals surface area contributed by atoms with E-state index in [2.05, 4.69) is 0 Å². The van der Waals surface area contributed by atoms with E-state index < -0.39 is 0 Å². The molecule has 3 nitrogen and oxygen atoms in total. The molecule has 2 rings (SSSR count). The van der Waals surface area contributed by atoms with Gasteiger partial charge in [0.25, 0.3) is 0 Å². The predicted octanol–water partition coefficient (Wildman–Crippen LogP) is 0.737. The Morgan fingerprint density at radius 2 is 1.68 bits per heavy atom. The van der Waals surface area contributed by atoms with Crippen LogP contribution in [-0.2, 0) is 0 Å². The average molecular weight is 272 g/mol. The molecule has 1 saturated carbocycles. The van der Waals surface area contributed by atoms with Crippen molar-refractivity contribution in [1.82, 2.24) is 0 Å². The molecule has 0 saturated heterocycles. The second kappa shape index (κ2) is 7.95. The quantitative estimate of drug-likeness (QED) is 0.586. The van der Waals surface area contributed by atoms with Crippen LogP contribution in [0.4, 0.5) is 0 Å². The van der Waals surface area contributed by atoms with E-state index in [0.717, 1.165) is 21.4 Å². The van der Waals surface area contributed by atoms with Gasteiger partial charge >= 0.3 is 18.9 Å². The van der Waals surface area contributed by atoms with Crippen molar-refractivity contribution in [2.75, 3.05) is 14.2 Å². The Hall–Kier alpha value is -0.483. The van der Waals surface area contributed by atoms with E-state index in [1.807, 2.05) is 6.07 Å². The minimum absolute atomic E-state index is 0. The normalized spacial score (nSPS) is 15.5. The van der Waals surface area contributed by atoms with Crippen LogP contribution in [-0.4, -0.2) is 25.4 Å². The largest absolute Gasteiger partial charge is 1.00 e. The van der Waals surface area contributed by atoms with Crippen LogP contribution >= 0.6 is 8.58 Å². The molecule has 0 aromatic heterocycles. The van der Waals surface area contributed by atoms with Gasteiger partial charge in [-0.25, -0.2) is 0 Å². The monoisotopic (exact) mass is 272 g/mol. The molecule has 1 aliphatic rings. The number of carbonyl (C=O) groups excluding carboxylic acids is 1. The molecule has 1 aliphatic carbocycles. The number of hydrogen-bond donors (Lipinski definition) is 0.